The van der Waals surface area contributed by atoms with Crippen molar-refractivity contribution in [3.8, 4) is 5.75 Å². The van der Waals surface area contributed by atoms with Gasteiger partial charge in [0.2, 0.25) is 0 Å². The highest BCUT2D eigenvalue weighted by molar-refractivity contribution is 7.92. The first-order valence-corrected chi connectivity index (χ1v) is 8.58. The van der Waals surface area contributed by atoms with E-state index < -0.39 is 10.0 Å². The molecule has 0 unspecified atom stereocenters. The Morgan fingerprint density at radius 3 is 2.64 bits per heavy atom. The van der Waals surface area contributed by atoms with Gasteiger partial charge in [-0.3, -0.25) is 4.72 Å². The highest BCUT2D eigenvalue weighted by Gasteiger charge is 2.18. The first-order valence-electron chi connectivity index (χ1n) is 6.72. The normalized spacial score (nSPS) is 14.2. The topological polar surface area (TPSA) is 58.6 Å². The standard InChI is InChI=1S/C15H15ClN2O3S/c1-18-8-9-21-15-7-4-12(10-14(15)18)17-22(19,20)13-5-2-11(16)3-6-13/h2-7,10,17H,8-9H2,1H3. The molecule has 0 saturated heterocycles. The van der Waals surface area contributed by atoms with Crippen LogP contribution in [0.5, 0.6) is 5.75 Å². The van der Waals surface area contributed by atoms with Crippen LogP contribution < -0.4 is 14.4 Å². The molecule has 0 amide bonds. The first kappa shape index (κ1) is 15.0. The average molecular weight is 339 g/mol. The maximum Gasteiger partial charge on any atom is 0.261 e. The van der Waals surface area contributed by atoms with Crippen molar-refractivity contribution in [1.82, 2.24) is 0 Å². The molecule has 0 aliphatic carbocycles. The van der Waals surface area contributed by atoms with Crippen LogP contribution in [-0.4, -0.2) is 28.6 Å². The number of nitrogens with one attached hydrogen (secondary N) is 1. The molecule has 116 valence electrons. The number of rotatable bonds is 3. The lowest BCUT2D eigenvalue weighted by molar-refractivity contribution is 0.311. The van der Waals surface area contributed by atoms with Gasteiger partial charge in [-0.1, -0.05) is 11.6 Å². The number of benzene rings is 2. The molecule has 2 aromatic carbocycles. The molecule has 1 N–H and O–H groups in total. The Morgan fingerprint density at radius 2 is 1.91 bits per heavy atom. The Hall–Kier alpha value is -1.92. The van der Waals surface area contributed by atoms with Crippen LogP contribution >= 0.6 is 11.6 Å². The molecule has 1 heterocycles. The molecule has 0 atom stereocenters. The van der Waals surface area contributed by atoms with Gasteiger partial charge in [-0.15, -0.1) is 0 Å². The van der Waals surface area contributed by atoms with Gasteiger partial charge in [0.1, 0.15) is 12.4 Å². The second kappa shape index (κ2) is 5.70. The van der Waals surface area contributed by atoms with Crippen LogP contribution in [0.3, 0.4) is 0 Å². The molecule has 3 rings (SSSR count). The fourth-order valence-corrected chi connectivity index (χ4v) is 3.42. The molecule has 7 heteroatoms. The molecule has 0 radical (unpaired) electrons. The number of sulfonamides is 1. The molecule has 1 aliphatic rings. The molecule has 5 nitrogen and oxygen atoms in total. The van der Waals surface area contributed by atoms with Gasteiger partial charge in [-0.05, 0) is 42.5 Å². The van der Waals surface area contributed by atoms with Crippen molar-refractivity contribution in [2.45, 2.75) is 4.90 Å². The predicted octanol–water partition coefficient (Wildman–Crippen LogP) is 2.97. The summed E-state index contributed by atoms with van der Waals surface area (Å²) in [6, 6.07) is 11.3. The zero-order valence-electron chi connectivity index (χ0n) is 11.9. The van der Waals surface area contributed by atoms with Gasteiger partial charge in [0, 0.05) is 12.1 Å². The minimum absolute atomic E-state index is 0.166. The van der Waals surface area contributed by atoms with Gasteiger partial charge < -0.3 is 9.64 Å². The number of hydrogen-bond acceptors (Lipinski definition) is 4. The Balaban J connectivity index is 1.89. The summed E-state index contributed by atoms with van der Waals surface area (Å²) in [7, 11) is -1.70. The van der Waals surface area contributed by atoms with E-state index >= 15 is 0 Å². The smallest absolute Gasteiger partial charge is 0.261 e. The molecule has 0 fully saturated rings. The fourth-order valence-electron chi connectivity index (χ4n) is 2.24. The third kappa shape index (κ3) is 2.98. The Labute approximate surface area is 134 Å². The Morgan fingerprint density at radius 1 is 1.18 bits per heavy atom. The molecular weight excluding hydrogens is 324 g/mol. The Bertz CT molecular complexity index is 791. The van der Waals surface area contributed by atoms with Gasteiger partial charge in [0.05, 0.1) is 22.8 Å². The van der Waals surface area contributed by atoms with Gasteiger partial charge in [0.15, 0.2) is 0 Å². The van der Waals surface area contributed by atoms with Crippen molar-refractivity contribution in [2.75, 3.05) is 29.8 Å². The van der Waals surface area contributed by atoms with Crippen LogP contribution in [0.4, 0.5) is 11.4 Å². The SMILES string of the molecule is CN1CCOc2ccc(NS(=O)(=O)c3ccc(Cl)cc3)cc21. The molecule has 0 saturated carbocycles. The summed E-state index contributed by atoms with van der Waals surface area (Å²) in [5.41, 5.74) is 1.36. The van der Waals surface area contributed by atoms with Gasteiger partial charge in [-0.25, -0.2) is 8.42 Å². The van der Waals surface area contributed by atoms with E-state index in [-0.39, 0.29) is 4.90 Å². The van der Waals surface area contributed by atoms with E-state index in [4.69, 9.17) is 16.3 Å². The van der Waals surface area contributed by atoms with Crippen molar-refractivity contribution in [3.05, 3.63) is 47.5 Å². The van der Waals surface area contributed by atoms with Crippen molar-refractivity contribution in [2.24, 2.45) is 0 Å². The molecule has 0 spiro atoms. The molecule has 0 aromatic heterocycles. The average Bonchev–Trinajstić information content (AvgIpc) is 2.48. The van der Waals surface area contributed by atoms with Crippen LogP contribution in [0.1, 0.15) is 0 Å². The number of nitrogens with zero attached hydrogens (tertiary/aromatic N) is 1. The summed E-state index contributed by atoms with van der Waals surface area (Å²) in [4.78, 5) is 2.19. The number of ether oxygens (including phenoxy) is 1. The van der Waals surface area contributed by atoms with Crippen LogP contribution in [0.2, 0.25) is 5.02 Å². The minimum atomic E-state index is -3.64. The van der Waals surface area contributed by atoms with E-state index in [1.165, 1.54) is 12.1 Å². The lowest BCUT2D eigenvalue weighted by atomic mass is 10.2. The second-order valence-electron chi connectivity index (χ2n) is 5.01. The van der Waals surface area contributed by atoms with Crippen LogP contribution in [-0.2, 0) is 10.0 Å². The first-order chi connectivity index (χ1) is 10.5. The highest BCUT2D eigenvalue weighted by atomic mass is 35.5. The van der Waals surface area contributed by atoms with E-state index in [2.05, 4.69) is 4.72 Å². The monoisotopic (exact) mass is 338 g/mol. The molecule has 1 aliphatic heterocycles. The zero-order chi connectivity index (χ0) is 15.7. The molecule has 2 aromatic rings. The fraction of sp³-hybridized carbons (Fsp3) is 0.200. The van der Waals surface area contributed by atoms with Crippen molar-refractivity contribution in [1.29, 1.82) is 0 Å². The van der Waals surface area contributed by atoms with Crippen LogP contribution in [0, 0.1) is 0 Å². The predicted molar refractivity (Wildman–Crippen MR) is 87.5 cm³/mol. The summed E-state index contributed by atoms with van der Waals surface area (Å²) in [6.45, 7) is 1.39. The number of hydrogen-bond donors (Lipinski definition) is 1. The highest BCUT2D eigenvalue weighted by Crippen LogP contribution is 2.33. The lowest BCUT2D eigenvalue weighted by Gasteiger charge is -2.28. The van der Waals surface area contributed by atoms with Crippen molar-refractivity contribution >= 4 is 33.0 Å². The third-order valence-electron chi connectivity index (χ3n) is 3.43. The summed E-state index contributed by atoms with van der Waals surface area (Å²) in [5.74, 6) is 0.753. The van der Waals surface area contributed by atoms with Gasteiger partial charge >= 0.3 is 0 Å². The summed E-state index contributed by atoms with van der Waals surface area (Å²) >= 11 is 5.78. The molecular formula is C15H15ClN2O3S. The minimum Gasteiger partial charge on any atom is -0.490 e. The number of likely N-dealkylation sites (N-methyl/N-ethyl adjacent to an activating group) is 1. The summed E-state index contributed by atoms with van der Waals surface area (Å²) in [5, 5.41) is 0.492. The lowest BCUT2D eigenvalue weighted by Crippen LogP contribution is -2.28. The summed E-state index contributed by atoms with van der Waals surface area (Å²) < 4.78 is 32.8. The number of halogens is 1. The Kier molecular flexibility index (Phi) is 3.88. The van der Waals surface area contributed by atoms with E-state index in [0.717, 1.165) is 18.0 Å². The van der Waals surface area contributed by atoms with E-state index in [0.29, 0.717) is 17.3 Å². The number of anilines is 2. The molecule has 22 heavy (non-hydrogen) atoms. The van der Waals surface area contributed by atoms with Crippen LogP contribution in [0.15, 0.2) is 47.4 Å². The summed E-state index contributed by atoms with van der Waals surface area (Å²) in [6.07, 6.45) is 0. The zero-order valence-corrected chi connectivity index (χ0v) is 13.5. The van der Waals surface area contributed by atoms with E-state index in [1.807, 2.05) is 11.9 Å². The van der Waals surface area contributed by atoms with Gasteiger partial charge in [0.25, 0.3) is 10.0 Å². The largest absolute Gasteiger partial charge is 0.490 e. The van der Waals surface area contributed by atoms with E-state index in [9.17, 15) is 8.42 Å². The quantitative estimate of drug-likeness (QED) is 0.934. The number of fused-ring (bicyclic) bond motifs is 1. The van der Waals surface area contributed by atoms with Crippen molar-refractivity contribution in [3.63, 3.8) is 0 Å². The maximum absolute atomic E-state index is 12.4. The maximum atomic E-state index is 12.4. The third-order valence-corrected chi connectivity index (χ3v) is 5.08. The van der Waals surface area contributed by atoms with Crippen molar-refractivity contribution < 1.29 is 13.2 Å². The van der Waals surface area contributed by atoms with E-state index in [1.54, 1.807) is 30.3 Å². The second-order valence-corrected chi connectivity index (χ2v) is 7.13. The van der Waals surface area contributed by atoms with Gasteiger partial charge in [-0.2, -0.15) is 0 Å². The molecule has 0 bridgehead atoms. The van der Waals surface area contributed by atoms with Crippen LogP contribution in [0.25, 0.3) is 0 Å².